The molecule has 5 nitrogen and oxygen atoms in total. The number of hydrogen-bond acceptors (Lipinski definition) is 4. The largest absolute Gasteiger partial charge is 0.393 e. The van der Waals surface area contributed by atoms with Crippen LogP contribution in [0.5, 0.6) is 0 Å². The summed E-state index contributed by atoms with van der Waals surface area (Å²) < 4.78 is 13.3. The number of aliphatic hydroxyl groups excluding tert-OH is 1. The molecule has 0 aromatic heterocycles. The first kappa shape index (κ1) is 14.5. The van der Waals surface area contributed by atoms with Crippen molar-refractivity contribution < 1.29 is 14.4 Å². The Kier molecular flexibility index (Phi) is 4.37. The Morgan fingerprint density at radius 1 is 1.56 bits per heavy atom. The maximum absolute atomic E-state index is 13.3. The van der Waals surface area contributed by atoms with E-state index in [2.05, 4.69) is 0 Å². The molecular formula is C12H17FN2O3. The molecule has 0 spiro atoms. The van der Waals surface area contributed by atoms with E-state index < -0.39 is 22.3 Å². The zero-order valence-electron chi connectivity index (χ0n) is 10.4. The minimum atomic E-state index is -0.690. The van der Waals surface area contributed by atoms with Crippen LogP contribution in [0.25, 0.3) is 0 Å². The van der Waals surface area contributed by atoms with E-state index in [-0.39, 0.29) is 18.7 Å². The second-order valence-electron chi connectivity index (χ2n) is 4.79. The quantitative estimate of drug-likeness (QED) is 0.618. The number of nitro benzene ring substituents is 1. The highest BCUT2D eigenvalue weighted by atomic mass is 19.1. The van der Waals surface area contributed by atoms with Crippen LogP contribution in [-0.2, 0) is 6.42 Å². The lowest BCUT2D eigenvalue weighted by atomic mass is 9.79. The van der Waals surface area contributed by atoms with Crippen molar-refractivity contribution in [3.05, 3.63) is 39.7 Å². The van der Waals surface area contributed by atoms with Crippen LogP contribution in [0.2, 0.25) is 0 Å². The van der Waals surface area contributed by atoms with Crippen LogP contribution in [0.4, 0.5) is 10.1 Å². The third-order valence-electron chi connectivity index (χ3n) is 3.24. The van der Waals surface area contributed by atoms with Gasteiger partial charge in [-0.3, -0.25) is 10.1 Å². The second kappa shape index (κ2) is 5.41. The fourth-order valence-electron chi connectivity index (χ4n) is 1.70. The van der Waals surface area contributed by atoms with E-state index in [0.717, 1.165) is 6.07 Å². The summed E-state index contributed by atoms with van der Waals surface area (Å²) in [6, 6.07) is 3.40. The molecule has 0 heterocycles. The molecule has 0 aliphatic rings. The summed E-state index contributed by atoms with van der Waals surface area (Å²) in [6.45, 7) is 3.56. The van der Waals surface area contributed by atoms with Crippen LogP contribution in [0.1, 0.15) is 19.4 Å². The second-order valence-corrected chi connectivity index (χ2v) is 4.79. The topological polar surface area (TPSA) is 89.4 Å². The van der Waals surface area contributed by atoms with Crippen LogP contribution in [0.15, 0.2) is 18.2 Å². The van der Waals surface area contributed by atoms with Gasteiger partial charge >= 0.3 is 0 Å². The predicted molar refractivity (Wildman–Crippen MR) is 65.6 cm³/mol. The average molecular weight is 256 g/mol. The van der Waals surface area contributed by atoms with Gasteiger partial charge in [-0.1, -0.05) is 6.92 Å². The van der Waals surface area contributed by atoms with Crippen LogP contribution < -0.4 is 5.73 Å². The van der Waals surface area contributed by atoms with Crippen molar-refractivity contribution in [2.75, 3.05) is 6.54 Å². The smallest absolute Gasteiger partial charge is 0.272 e. The van der Waals surface area contributed by atoms with Crippen molar-refractivity contribution in [3.63, 3.8) is 0 Å². The van der Waals surface area contributed by atoms with Gasteiger partial charge in [0.05, 0.1) is 17.1 Å². The standard InChI is InChI=1S/C12H17FN2O3/c1-8(16)12(2,7-14)6-9-3-10(13)5-11(4-9)15(17)18/h3-5,8,16H,6-7,14H2,1-2H3. The predicted octanol–water partition coefficient (Wildman–Crippen LogP) is 1.62. The van der Waals surface area contributed by atoms with E-state index in [1.807, 2.05) is 0 Å². The molecule has 1 rings (SSSR count). The van der Waals surface area contributed by atoms with Crippen molar-refractivity contribution in [3.8, 4) is 0 Å². The Morgan fingerprint density at radius 3 is 2.61 bits per heavy atom. The van der Waals surface area contributed by atoms with Crippen molar-refractivity contribution in [2.45, 2.75) is 26.4 Å². The number of nitrogens with two attached hydrogens (primary N) is 1. The summed E-state index contributed by atoms with van der Waals surface area (Å²) >= 11 is 0. The molecule has 18 heavy (non-hydrogen) atoms. The van der Waals surface area contributed by atoms with Gasteiger partial charge in [0.2, 0.25) is 0 Å². The Labute approximate surface area is 105 Å². The molecule has 0 aliphatic heterocycles. The van der Waals surface area contributed by atoms with Crippen molar-refractivity contribution in [1.82, 2.24) is 0 Å². The number of non-ortho nitro benzene ring substituents is 1. The van der Waals surface area contributed by atoms with Gasteiger partial charge in [-0.15, -0.1) is 0 Å². The van der Waals surface area contributed by atoms with Gasteiger partial charge < -0.3 is 10.8 Å². The van der Waals surface area contributed by atoms with Crippen molar-refractivity contribution in [2.24, 2.45) is 11.1 Å². The van der Waals surface area contributed by atoms with Gasteiger partial charge in [-0.25, -0.2) is 4.39 Å². The number of rotatable bonds is 5. The van der Waals surface area contributed by atoms with Gasteiger partial charge in [0, 0.05) is 18.0 Å². The molecule has 1 aromatic rings. The van der Waals surface area contributed by atoms with E-state index in [4.69, 9.17) is 5.73 Å². The number of benzene rings is 1. The Morgan fingerprint density at radius 2 is 2.17 bits per heavy atom. The normalized spacial score (nSPS) is 16.1. The lowest BCUT2D eigenvalue weighted by Crippen LogP contribution is -2.39. The van der Waals surface area contributed by atoms with Crippen LogP contribution >= 0.6 is 0 Å². The summed E-state index contributed by atoms with van der Waals surface area (Å²) in [7, 11) is 0. The van der Waals surface area contributed by atoms with Gasteiger partial charge in [-0.05, 0) is 25.0 Å². The van der Waals surface area contributed by atoms with Crippen LogP contribution in [0, 0.1) is 21.3 Å². The lowest BCUT2D eigenvalue weighted by Gasteiger charge is -2.31. The third-order valence-corrected chi connectivity index (χ3v) is 3.24. The summed E-state index contributed by atoms with van der Waals surface area (Å²) in [5.74, 6) is -0.663. The number of nitro groups is 1. The molecule has 2 unspecified atom stereocenters. The monoisotopic (exact) mass is 256 g/mol. The van der Waals surface area contributed by atoms with Gasteiger partial charge in [0.25, 0.3) is 5.69 Å². The minimum absolute atomic E-state index is 0.203. The van der Waals surface area contributed by atoms with Gasteiger partial charge in [-0.2, -0.15) is 0 Å². The minimum Gasteiger partial charge on any atom is -0.393 e. The summed E-state index contributed by atoms with van der Waals surface area (Å²) in [4.78, 5) is 10.00. The third kappa shape index (κ3) is 3.24. The summed E-state index contributed by atoms with van der Waals surface area (Å²) in [5, 5.41) is 20.3. The molecule has 0 radical (unpaired) electrons. The van der Waals surface area contributed by atoms with E-state index >= 15 is 0 Å². The maximum Gasteiger partial charge on any atom is 0.272 e. The van der Waals surface area contributed by atoms with Crippen molar-refractivity contribution in [1.29, 1.82) is 0 Å². The number of aliphatic hydroxyl groups is 1. The summed E-state index contributed by atoms with van der Waals surface area (Å²) in [5.41, 5.74) is 5.12. The first-order chi connectivity index (χ1) is 8.28. The molecule has 0 fully saturated rings. The average Bonchev–Trinajstić information content (AvgIpc) is 2.27. The molecule has 100 valence electrons. The molecule has 6 heteroatoms. The number of nitrogens with zero attached hydrogens (tertiary/aromatic N) is 1. The highest BCUT2D eigenvalue weighted by molar-refractivity contribution is 5.35. The zero-order chi connectivity index (χ0) is 13.9. The van der Waals surface area contributed by atoms with Crippen molar-refractivity contribution >= 4 is 5.69 Å². The zero-order valence-corrected chi connectivity index (χ0v) is 10.4. The molecule has 3 N–H and O–H groups in total. The number of halogens is 1. The first-order valence-electron chi connectivity index (χ1n) is 5.60. The molecule has 0 saturated carbocycles. The molecule has 2 atom stereocenters. The van der Waals surface area contributed by atoms with Gasteiger partial charge in [0.15, 0.2) is 0 Å². The fourth-order valence-corrected chi connectivity index (χ4v) is 1.70. The Hall–Kier alpha value is -1.53. The maximum atomic E-state index is 13.3. The highest BCUT2D eigenvalue weighted by Crippen LogP contribution is 2.27. The molecule has 0 aliphatic carbocycles. The van der Waals surface area contributed by atoms with E-state index in [1.165, 1.54) is 12.1 Å². The highest BCUT2D eigenvalue weighted by Gasteiger charge is 2.29. The van der Waals surface area contributed by atoms with E-state index in [9.17, 15) is 19.6 Å². The molecular weight excluding hydrogens is 239 g/mol. The first-order valence-corrected chi connectivity index (χ1v) is 5.60. The molecule has 0 bridgehead atoms. The van der Waals surface area contributed by atoms with Crippen LogP contribution in [0.3, 0.4) is 0 Å². The van der Waals surface area contributed by atoms with Crippen LogP contribution in [-0.4, -0.2) is 22.7 Å². The SMILES string of the molecule is CC(O)C(C)(CN)Cc1cc(F)cc([N+](=O)[O-])c1. The molecule has 0 saturated heterocycles. The van der Waals surface area contributed by atoms with E-state index in [1.54, 1.807) is 13.8 Å². The fraction of sp³-hybridized carbons (Fsp3) is 0.500. The van der Waals surface area contributed by atoms with E-state index in [0.29, 0.717) is 5.56 Å². The molecule has 1 aromatic carbocycles. The summed E-state index contributed by atoms with van der Waals surface area (Å²) in [6.07, 6.45) is -0.412. The Bertz CT molecular complexity index is 451. The van der Waals surface area contributed by atoms with Gasteiger partial charge in [0.1, 0.15) is 5.82 Å². The lowest BCUT2D eigenvalue weighted by molar-refractivity contribution is -0.385. The number of hydrogen-bond donors (Lipinski definition) is 2. The Balaban J connectivity index is 3.07. The molecule has 0 amide bonds.